The molecule has 180 valence electrons. The van der Waals surface area contributed by atoms with Crippen molar-refractivity contribution in [2.75, 3.05) is 20.8 Å². The first-order valence-corrected chi connectivity index (χ1v) is 11.4. The molecule has 2 aromatic heterocycles. The van der Waals surface area contributed by atoms with Crippen molar-refractivity contribution < 1.29 is 18.8 Å². The van der Waals surface area contributed by atoms with Gasteiger partial charge in [-0.05, 0) is 49.6 Å². The molecule has 0 saturated carbocycles. The minimum Gasteiger partial charge on any atom is -0.497 e. The lowest BCUT2D eigenvalue weighted by Gasteiger charge is -2.23. The van der Waals surface area contributed by atoms with Crippen molar-refractivity contribution in [3.8, 4) is 28.6 Å². The molecular weight excluding hydrogens is 472 g/mol. The molecular formula is C24H23ClN6O4. The standard InChI is InChI=1S/C24H23ClN6O4/c1-14-6-7-15(33-2)11-16(14)23-28-22(29-35-23)19-5-4-10-30(19)24(32)17-12-21(34-3)18(25)13-20(17)31-26-8-9-27-31/h6-9,11-13,19H,4-5,10H2,1-3H3. The van der Waals surface area contributed by atoms with Crippen LogP contribution in [0, 0.1) is 6.92 Å². The van der Waals surface area contributed by atoms with E-state index in [9.17, 15) is 4.79 Å². The molecule has 1 atom stereocenters. The number of methoxy groups -OCH3 is 2. The van der Waals surface area contributed by atoms with Crippen LogP contribution in [0.3, 0.4) is 0 Å². The monoisotopic (exact) mass is 494 g/mol. The fourth-order valence-electron chi connectivity index (χ4n) is 4.25. The van der Waals surface area contributed by atoms with Crippen molar-refractivity contribution >= 4 is 17.5 Å². The van der Waals surface area contributed by atoms with Crippen molar-refractivity contribution in [3.63, 3.8) is 0 Å². The number of halogens is 1. The number of aromatic nitrogens is 5. The molecule has 1 saturated heterocycles. The van der Waals surface area contributed by atoms with Crippen LogP contribution in [0.1, 0.15) is 40.6 Å². The molecule has 1 unspecified atom stereocenters. The van der Waals surface area contributed by atoms with Crippen LogP contribution in [0.5, 0.6) is 11.5 Å². The second-order valence-electron chi connectivity index (χ2n) is 8.12. The molecule has 0 aliphatic carbocycles. The molecule has 3 heterocycles. The fraction of sp³-hybridized carbons (Fsp3) is 0.292. The predicted molar refractivity (Wildman–Crippen MR) is 127 cm³/mol. The summed E-state index contributed by atoms with van der Waals surface area (Å²) in [6.07, 6.45) is 4.58. The first-order valence-electron chi connectivity index (χ1n) is 11.0. The summed E-state index contributed by atoms with van der Waals surface area (Å²) in [4.78, 5) is 21.5. The molecule has 1 fully saturated rings. The van der Waals surface area contributed by atoms with Crippen LogP contribution in [0.15, 0.2) is 47.2 Å². The van der Waals surface area contributed by atoms with E-state index in [0.717, 1.165) is 17.5 Å². The second kappa shape index (κ2) is 9.38. The van der Waals surface area contributed by atoms with Gasteiger partial charge in [-0.1, -0.05) is 22.8 Å². The normalized spacial score (nSPS) is 15.4. The van der Waals surface area contributed by atoms with E-state index in [4.69, 9.17) is 25.6 Å². The van der Waals surface area contributed by atoms with Crippen molar-refractivity contribution in [1.29, 1.82) is 0 Å². The zero-order valence-electron chi connectivity index (χ0n) is 19.4. The number of likely N-dealkylation sites (tertiary alicyclic amines) is 1. The largest absolute Gasteiger partial charge is 0.497 e. The van der Waals surface area contributed by atoms with E-state index in [1.54, 1.807) is 24.1 Å². The average molecular weight is 495 g/mol. The number of aryl methyl sites for hydroxylation is 1. The van der Waals surface area contributed by atoms with Crippen LogP contribution in [0.4, 0.5) is 0 Å². The maximum atomic E-state index is 13.8. The van der Waals surface area contributed by atoms with Crippen LogP contribution < -0.4 is 9.47 Å². The molecule has 1 amide bonds. The Morgan fingerprint density at radius 2 is 1.94 bits per heavy atom. The van der Waals surface area contributed by atoms with Crippen molar-refractivity contribution in [1.82, 2.24) is 30.0 Å². The smallest absolute Gasteiger partial charge is 0.258 e. The second-order valence-corrected chi connectivity index (χ2v) is 8.52. The molecule has 0 N–H and O–H groups in total. The van der Waals surface area contributed by atoms with E-state index in [0.29, 0.717) is 52.5 Å². The highest BCUT2D eigenvalue weighted by Gasteiger charge is 2.36. The van der Waals surface area contributed by atoms with Crippen molar-refractivity contribution in [2.24, 2.45) is 0 Å². The van der Waals surface area contributed by atoms with E-state index in [1.165, 1.54) is 24.3 Å². The lowest BCUT2D eigenvalue weighted by molar-refractivity contribution is 0.0727. The van der Waals surface area contributed by atoms with Crippen molar-refractivity contribution in [2.45, 2.75) is 25.8 Å². The summed E-state index contributed by atoms with van der Waals surface area (Å²) < 4.78 is 16.3. The molecule has 1 aliphatic heterocycles. The van der Waals surface area contributed by atoms with E-state index in [2.05, 4.69) is 20.3 Å². The van der Waals surface area contributed by atoms with Gasteiger partial charge < -0.3 is 18.9 Å². The minimum absolute atomic E-state index is 0.223. The summed E-state index contributed by atoms with van der Waals surface area (Å²) in [5, 5.41) is 12.9. The lowest BCUT2D eigenvalue weighted by atomic mass is 10.1. The number of nitrogens with zero attached hydrogens (tertiary/aromatic N) is 6. The van der Waals surface area contributed by atoms with E-state index >= 15 is 0 Å². The molecule has 10 nitrogen and oxygen atoms in total. The van der Waals surface area contributed by atoms with Crippen LogP contribution in [0.25, 0.3) is 17.1 Å². The molecule has 0 spiro atoms. The van der Waals surface area contributed by atoms with Gasteiger partial charge in [0.25, 0.3) is 11.8 Å². The molecule has 2 aromatic carbocycles. The van der Waals surface area contributed by atoms with Gasteiger partial charge >= 0.3 is 0 Å². The number of carbonyl (C=O) groups excluding carboxylic acids is 1. The van der Waals surface area contributed by atoms with E-state index in [-0.39, 0.29) is 11.9 Å². The van der Waals surface area contributed by atoms with Gasteiger partial charge in [-0.3, -0.25) is 4.79 Å². The Labute approximate surface area is 206 Å². The lowest BCUT2D eigenvalue weighted by Crippen LogP contribution is -2.32. The van der Waals surface area contributed by atoms with Crippen LogP contribution >= 0.6 is 11.6 Å². The predicted octanol–water partition coefficient (Wildman–Crippen LogP) is 4.27. The number of amides is 1. The Morgan fingerprint density at radius 3 is 2.69 bits per heavy atom. The van der Waals surface area contributed by atoms with Crippen LogP contribution in [-0.4, -0.2) is 56.7 Å². The number of rotatable bonds is 6. The van der Waals surface area contributed by atoms with Crippen molar-refractivity contribution in [3.05, 3.63) is 64.7 Å². The molecule has 5 rings (SSSR count). The van der Waals surface area contributed by atoms with Gasteiger partial charge in [0.15, 0.2) is 5.82 Å². The third-order valence-electron chi connectivity index (χ3n) is 6.06. The maximum Gasteiger partial charge on any atom is 0.258 e. The Hall–Kier alpha value is -3.92. The van der Waals surface area contributed by atoms with Gasteiger partial charge in [-0.15, -0.1) is 0 Å². The fourth-order valence-corrected chi connectivity index (χ4v) is 4.48. The highest BCUT2D eigenvalue weighted by Crippen LogP contribution is 2.36. The number of hydrogen-bond donors (Lipinski definition) is 0. The van der Waals surface area contributed by atoms with Gasteiger partial charge in [0.1, 0.15) is 17.2 Å². The van der Waals surface area contributed by atoms with Gasteiger partial charge in [0.2, 0.25) is 0 Å². The molecule has 4 aromatic rings. The molecule has 0 bridgehead atoms. The highest BCUT2D eigenvalue weighted by molar-refractivity contribution is 6.32. The Kier molecular flexibility index (Phi) is 6.12. The number of benzene rings is 2. The first kappa shape index (κ1) is 22.9. The number of carbonyl (C=O) groups is 1. The topological polar surface area (TPSA) is 108 Å². The Balaban J connectivity index is 1.49. The summed E-state index contributed by atoms with van der Waals surface area (Å²) >= 11 is 6.34. The molecule has 0 radical (unpaired) electrons. The van der Waals surface area contributed by atoms with Crippen LogP contribution in [0.2, 0.25) is 5.02 Å². The third kappa shape index (κ3) is 4.21. The Morgan fingerprint density at radius 1 is 1.14 bits per heavy atom. The SMILES string of the molecule is COc1ccc(C)c(-c2nc(C3CCCN3C(=O)c3cc(OC)c(Cl)cc3-n3nccn3)no2)c1. The quantitative estimate of drug-likeness (QED) is 0.391. The summed E-state index contributed by atoms with van der Waals surface area (Å²) in [6.45, 7) is 2.51. The van der Waals surface area contributed by atoms with Gasteiger partial charge in [0.05, 0.1) is 43.2 Å². The minimum atomic E-state index is -0.342. The van der Waals surface area contributed by atoms with E-state index < -0.39 is 0 Å². The molecule has 1 aliphatic rings. The van der Waals surface area contributed by atoms with Gasteiger partial charge in [-0.25, -0.2) is 0 Å². The first-order chi connectivity index (χ1) is 17.0. The van der Waals surface area contributed by atoms with Gasteiger partial charge in [0, 0.05) is 12.1 Å². The third-order valence-corrected chi connectivity index (χ3v) is 6.36. The summed E-state index contributed by atoms with van der Waals surface area (Å²) in [7, 11) is 3.11. The maximum absolute atomic E-state index is 13.8. The summed E-state index contributed by atoms with van der Waals surface area (Å²) in [6, 6.07) is 8.55. The Bertz CT molecular complexity index is 1370. The number of hydrogen-bond acceptors (Lipinski definition) is 8. The zero-order chi connectivity index (χ0) is 24.5. The molecule has 11 heteroatoms. The van der Waals surface area contributed by atoms with E-state index in [1.807, 2.05) is 25.1 Å². The van der Waals surface area contributed by atoms with Crippen LogP contribution in [-0.2, 0) is 0 Å². The summed E-state index contributed by atoms with van der Waals surface area (Å²) in [5.74, 6) is 1.69. The summed E-state index contributed by atoms with van der Waals surface area (Å²) in [5.41, 5.74) is 2.58. The highest BCUT2D eigenvalue weighted by atomic mass is 35.5. The average Bonchev–Trinajstić information content (AvgIpc) is 3.65. The van der Waals surface area contributed by atoms with Gasteiger partial charge in [-0.2, -0.15) is 20.0 Å². The molecule has 35 heavy (non-hydrogen) atoms. The number of ether oxygens (including phenoxy) is 2. The zero-order valence-corrected chi connectivity index (χ0v) is 20.2.